The van der Waals surface area contributed by atoms with Crippen LogP contribution in [0.5, 0.6) is 11.5 Å². The summed E-state index contributed by atoms with van der Waals surface area (Å²) >= 11 is 1.59. The fourth-order valence-electron chi connectivity index (χ4n) is 3.64. The number of nitrogens with one attached hydrogen (secondary N) is 1. The first-order valence-corrected chi connectivity index (χ1v) is 11.0. The standard InChI is InChI=1S/C23H25N3O3S/c1-5-29-18-11-8-16(12-19(18)28-4)22-21-15(3)25-26(17-9-6-14(2)7-10-17)23(21)24-20(27)13-30-22/h6-12,22H,5,13H2,1-4H3,(H,24,27). The average molecular weight is 424 g/mol. The third-order valence-electron chi connectivity index (χ3n) is 5.08. The molecule has 0 spiro atoms. The van der Waals surface area contributed by atoms with Gasteiger partial charge in [-0.15, -0.1) is 11.8 Å². The van der Waals surface area contributed by atoms with Crippen molar-refractivity contribution in [3.63, 3.8) is 0 Å². The van der Waals surface area contributed by atoms with Gasteiger partial charge in [-0.25, -0.2) is 4.68 Å². The van der Waals surface area contributed by atoms with Crippen LogP contribution >= 0.6 is 11.8 Å². The van der Waals surface area contributed by atoms with Gasteiger partial charge in [0.05, 0.1) is 36.1 Å². The molecule has 0 aliphatic carbocycles. The van der Waals surface area contributed by atoms with Gasteiger partial charge in [0.15, 0.2) is 11.5 Å². The third-order valence-corrected chi connectivity index (χ3v) is 6.35. The molecule has 3 aromatic rings. The molecule has 156 valence electrons. The van der Waals surface area contributed by atoms with Gasteiger partial charge in [0, 0.05) is 5.56 Å². The molecule has 0 saturated carbocycles. The van der Waals surface area contributed by atoms with Crippen molar-refractivity contribution in [1.82, 2.24) is 9.78 Å². The Kier molecular flexibility index (Phi) is 5.72. The molecule has 2 aromatic carbocycles. The van der Waals surface area contributed by atoms with E-state index in [2.05, 4.69) is 5.32 Å². The van der Waals surface area contributed by atoms with E-state index in [9.17, 15) is 4.79 Å². The van der Waals surface area contributed by atoms with Crippen molar-refractivity contribution in [1.29, 1.82) is 0 Å². The molecule has 1 unspecified atom stereocenters. The number of hydrogen-bond donors (Lipinski definition) is 1. The van der Waals surface area contributed by atoms with Gasteiger partial charge in [0.2, 0.25) is 5.91 Å². The number of amides is 1. The summed E-state index contributed by atoms with van der Waals surface area (Å²) in [5, 5.41) is 7.78. The van der Waals surface area contributed by atoms with E-state index in [0.717, 1.165) is 28.3 Å². The molecule has 1 atom stereocenters. The van der Waals surface area contributed by atoms with E-state index in [4.69, 9.17) is 14.6 Å². The molecule has 6 nitrogen and oxygen atoms in total. The molecule has 2 heterocycles. The van der Waals surface area contributed by atoms with Gasteiger partial charge in [-0.1, -0.05) is 23.8 Å². The number of carbonyl (C=O) groups is 1. The van der Waals surface area contributed by atoms with Crippen LogP contribution in [0.15, 0.2) is 42.5 Å². The average Bonchev–Trinajstić information content (AvgIpc) is 2.94. The van der Waals surface area contributed by atoms with Crippen LogP contribution in [-0.4, -0.2) is 35.2 Å². The summed E-state index contributed by atoms with van der Waals surface area (Å²) in [6.45, 7) is 6.55. The summed E-state index contributed by atoms with van der Waals surface area (Å²) in [4.78, 5) is 12.5. The number of rotatable bonds is 5. The highest BCUT2D eigenvalue weighted by Crippen LogP contribution is 2.45. The Morgan fingerprint density at radius 3 is 2.63 bits per heavy atom. The summed E-state index contributed by atoms with van der Waals surface area (Å²) < 4.78 is 13.0. The van der Waals surface area contributed by atoms with Gasteiger partial charge >= 0.3 is 0 Å². The first-order chi connectivity index (χ1) is 14.5. The fourth-order valence-corrected chi connectivity index (χ4v) is 4.82. The van der Waals surface area contributed by atoms with Crippen LogP contribution in [-0.2, 0) is 4.79 Å². The number of fused-ring (bicyclic) bond motifs is 1. The van der Waals surface area contributed by atoms with Gasteiger partial charge in [-0.3, -0.25) is 4.79 Å². The maximum atomic E-state index is 12.5. The highest BCUT2D eigenvalue weighted by molar-refractivity contribution is 8.00. The van der Waals surface area contributed by atoms with E-state index in [1.165, 1.54) is 5.56 Å². The SMILES string of the molecule is CCOc1ccc(C2SCC(=O)Nc3c2c(C)nn3-c2ccc(C)cc2)cc1OC. The summed E-state index contributed by atoms with van der Waals surface area (Å²) in [6.07, 6.45) is 0. The number of carbonyl (C=O) groups excluding carboxylic acids is 1. The molecule has 1 aliphatic heterocycles. The number of hydrogen-bond acceptors (Lipinski definition) is 5. The summed E-state index contributed by atoms with van der Waals surface area (Å²) in [6, 6.07) is 14.1. The highest BCUT2D eigenvalue weighted by Gasteiger charge is 2.31. The Morgan fingerprint density at radius 1 is 1.17 bits per heavy atom. The van der Waals surface area contributed by atoms with E-state index >= 15 is 0 Å². The van der Waals surface area contributed by atoms with E-state index in [-0.39, 0.29) is 11.2 Å². The Labute approximate surface area is 180 Å². The van der Waals surface area contributed by atoms with Crippen LogP contribution < -0.4 is 14.8 Å². The van der Waals surface area contributed by atoms with Crippen LogP contribution in [0.2, 0.25) is 0 Å². The van der Waals surface area contributed by atoms with Crippen molar-refractivity contribution in [2.45, 2.75) is 26.0 Å². The quantitative estimate of drug-likeness (QED) is 0.646. The highest BCUT2D eigenvalue weighted by atomic mass is 32.2. The summed E-state index contributed by atoms with van der Waals surface area (Å²) in [5.74, 6) is 2.45. The van der Waals surface area contributed by atoms with Gasteiger partial charge in [0.25, 0.3) is 0 Å². The number of nitrogens with zero attached hydrogens (tertiary/aromatic N) is 2. The zero-order valence-electron chi connectivity index (χ0n) is 17.6. The fraction of sp³-hybridized carbons (Fsp3) is 0.304. The monoisotopic (exact) mass is 423 g/mol. The molecular formula is C23H25N3O3S. The third kappa shape index (κ3) is 3.77. The van der Waals surface area contributed by atoms with Gasteiger partial charge in [-0.05, 0) is 50.6 Å². The molecule has 1 aliphatic rings. The van der Waals surface area contributed by atoms with Crippen molar-refractivity contribution in [2.75, 3.05) is 24.8 Å². The molecular weight excluding hydrogens is 398 g/mol. The first kappa shape index (κ1) is 20.3. The number of benzene rings is 2. The maximum Gasteiger partial charge on any atom is 0.235 e. The number of aromatic nitrogens is 2. The Balaban J connectivity index is 1.83. The molecule has 0 fully saturated rings. The maximum absolute atomic E-state index is 12.5. The van der Waals surface area contributed by atoms with Crippen molar-refractivity contribution < 1.29 is 14.3 Å². The second kappa shape index (κ2) is 8.44. The predicted octanol–water partition coefficient (Wildman–Crippen LogP) is 4.67. The minimum absolute atomic E-state index is 0.0325. The van der Waals surface area contributed by atoms with Crippen molar-refractivity contribution >= 4 is 23.5 Å². The lowest BCUT2D eigenvalue weighted by molar-refractivity contribution is -0.113. The normalized spacial score (nSPS) is 15.9. The van der Waals surface area contributed by atoms with Crippen LogP contribution in [0.3, 0.4) is 0 Å². The molecule has 4 rings (SSSR count). The largest absolute Gasteiger partial charge is 0.493 e. The molecule has 1 N–H and O–H groups in total. The molecule has 0 saturated heterocycles. The van der Waals surface area contributed by atoms with E-state index in [1.54, 1.807) is 18.9 Å². The molecule has 30 heavy (non-hydrogen) atoms. The van der Waals surface area contributed by atoms with Crippen molar-refractivity contribution in [3.05, 3.63) is 64.8 Å². The van der Waals surface area contributed by atoms with Gasteiger partial charge in [-0.2, -0.15) is 5.10 Å². The Hall–Kier alpha value is -2.93. The second-order valence-electron chi connectivity index (χ2n) is 7.18. The smallest absolute Gasteiger partial charge is 0.235 e. The predicted molar refractivity (Wildman–Crippen MR) is 120 cm³/mol. The lowest BCUT2D eigenvalue weighted by atomic mass is 10.0. The lowest BCUT2D eigenvalue weighted by Crippen LogP contribution is -2.15. The summed E-state index contributed by atoms with van der Waals surface area (Å²) in [5.41, 5.74) is 5.04. The zero-order valence-corrected chi connectivity index (χ0v) is 18.4. The Morgan fingerprint density at radius 2 is 1.93 bits per heavy atom. The molecule has 7 heteroatoms. The number of anilines is 1. The number of thioether (sulfide) groups is 1. The first-order valence-electron chi connectivity index (χ1n) is 9.90. The molecule has 0 bridgehead atoms. The van der Waals surface area contributed by atoms with Crippen LogP contribution in [0.25, 0.3) is 5.69 Å². The van der Waals surface area contributed by atoms with Crippen LogP contribution in [0, 0.1) is 13.8 Å². The number of ether oxygens (including phenoxy) is 2. The summed E-state index contributed by atoms with van der Waals surface area (Å²) in [7, 11) is 1.64. The van der Waals surface area contributed by atoms with E-state index in [1.807, 2.05) is 67.9 Å². The minimum Gasteiger partial charge on any atom is -0.493 e. The zero-order chi connectivity index (χ0) is 21.3. The molecule has 1 aromatic heterocycles. The topological polar surface area (TPSA) is 65.4 Å². The van der Waals surface area contributed by atoms with Crippen LogP contribution in [0.1, 0.15) is 34.6 Å². The van der Waals surface area contributed by atoms with Crippen molar-refractivity contribution in [2.24, 2.45) is 0 Å². The van der Waals surface area contributed by atoms with Crippen LogP contribution in [0.4, 0.5) is 5.82 Å². The van der Waals surface area contributed by atoms with E-state index in [0.29, 0.717) is 23.9 Å². The second-order valence-corrected chi connectivity index (χ2v) is 8.27. The molecule has 0 radical (unpaired) electrons. The number of methoxy groups -OCH3 is 1. The number of aryl methyl sites for hydroxylation is 2. The molecule has 1 amide bonds. The van der Waals surface area contributed by atoms with Gasteiger partial charge < -0.3 is 14.8 Å². The van der Waals surface area contributed by atoms with E-state index < -0.39 is 0 Å². The van der Waals surface area contributed by atoms with Crippen molar-refractivity contribution in [3.8, 4) is 17.2 Å². The van der Waals surface area contributed by atoms with Gasteiger partial charge in [0.1, 0.15) is 5.82 Å². The Bertz CT molecular complexity index is 1080. The lowest BCUT2D eigenvalue weighted by Gasteiger charge is -2.18. The minimum atomic E-state index is -0.0530.